The highest BCUT2D eigenvalue weighted by molar-refractivity contribution is 6.31. The Morgan fingerprint density at radius 2 is 1.76 bits per heavy atom. The number of fused-ring (bicyclic) bond motifs is 1. The van der Waals surface area contributed by atoms with Gasteiger partial charge in [0.2, 0.25) is 5.91 Å². The van der Waals surface area contributed by atoms with Crippen LogP contribution in [0.15, 0.2) is 83.3 Å². The maximum absolute atomic E-state index is 12.6. The van der Waals surface area contributed by atoms with E-state index in [2.05, 4.69) is 15.3 Å². The Balaban J connectivity index is 1.31. The summed E-state index contributed by atoms with van der Waals surface area (Å²) in [5.41, 5.74) is 6.34. The molecular weight excluding hydrogens is 446 g/mol. The number of H-pyrrole nitrogens is 1. The first-order valence-electron chi connectivity index (χ1n) is 10.9. The second-order valence-corrected chi connectivity index (χ2v) is 8.53. The number of para-hydroxylation sites is 2. The number of amides is 1. The molecule has 34 heavy (non-hydrogen) atoms. The molecule has 6 heteroatoms. The van der Waals surface area contributed by atoms with Gasteiger partial charge in [-0.2, -0.15) is 0 Å². The highest BCUT2D eigenvalue weighted by Gasteiger charge is 2.10. The number of nitrogens with one attached hydrogen (secondary N) is 2. The van der Waals surface area contributed by atoms with Crippen molar-refractivity contribution in [2.24, 2.45) is 0 Å². The predicted octanol–water partition coefficient (Wildman–Crippen LogP) is 7.41. The quantitative estimate of drug-likeness (QED) is 0.264. The molecule has 1 amide bonds. The van der Waals surface area contributed by atoms with Gasteiger partial charge in [-0.15, -0.1) is 0 Å². The fourth-order valence-corrected chi connectivity index (χ4v) is 3.85. The molecule has 0 atom stereocenters. The molecule has 0 aliphatic carbocycles. The van der Waals surface area contributed by atoms with E-state index in [0.29, 0.717) is 16.5 Å². The molecule has 0 bridgehead atoms. The summed E-state index contributed by atoms with van der Waals surface area (Å²) in [5, 5.41) is 3.64. The van der Waals surface area contributed by atoms with Crippen LogP contribution in [-0.2, 0) is 4.79 Å². The van der Waals surface area contributed by atoms with Gasteiger partial charge in [-0.3, -0.25) is 4.79 Å². The van der Waals surface area contributed by atoms with Crippen molar-refractivity contribution in [1.82, 2.24) is 9.97 Å². The summed E-state index contributed by atoms with van der Waals surface area (Å²) in [6.07, 6.45) is 3.10. The standard InChI is InChI=1S/C28H22ClN3O2/c1-17-7-9-19(15-22(17)29)26-13-11-21(34-26)12-14-27(33)30-25-16-20(10-8-18(25)2)28-31-23-5-3-4-6-24(23)32-28/h3-16H,1-2H3,(H,30,33)(H,31,32)/b14-12+. The van der Waals surface area contributed by atoms with Crippen LogP contribution >= 0.6 is 11.6 Å². The number of rotatable bonds is 5. The topological polar surface area (TPSA) is 70.9 Å². The molecule has 0 aliphatic rings. The molecule has 3 aromatic carbocycles. The Hall–Kier alpha value is -4.09. The van der Waals surface area contributed by atoms with Crippen LogP contribution in [0, 0.1) is 13.8 Å². The summed E-state index contributed by atoms with van der Waals surface area (Å²) < 4.78 is 5.86. The normalized spacial score (nSPS) is 11.4. The highest BCUT2D eigenvalue weighted by atomic mass is 35.5. The number of imidazole rings is 1. The largest absolute Gasteiger partial charge is 0.457 e. The van der Waals surface area contributed by atoms with Gasteiger partial charge in [-0.05, 0) is 67.4 Å². The fraction of sp³-hybridized carbons (Fsp3) is 0.0714. The van der Waals surface area contributed by atoms with E-state index in [1.165, 1.54) is 6.08 Å². The number of hydrogen-bond donors (Lipinski definition) is 2. The molecule has 5 aromatic rings. The maximum Gasteiger partial charge on any atom is 0.248 e. The molecule has 5 rings (SSSR count). The van der Waals surface area contributed by atoms with Crippen molar-refractivity contribution in [2.45, 2.75) is 13.8 Å². The van der Waals surface area contributed by atoms with Gasteiger partial charge in [0.05, 0.1) is 11.0 Å². The van der Waals surface area contributed by atoms with E-state index < -0.39 is 0 Å². The van der Waals surface area contributed by atoms with Gasteiger partial charge in [0.15, 0.2) is 0 Å². The van der Waals surface area contributed by atoms with Crippen LogP contribution in [0.5, 0.6) is 0 Å². The molecule has 0 radical (unpaired) electrons. The average Bonchev–Trinajstić information content (AvgIpc) is 3.48. The van der Waals surface area contributed by atoms with Crippen molar-refractivity contribution < 1.29 is 9.21 Å². The molecule has 0 saturated carbocycles. The maximum atomic E-state index is 12.6. The first kappa shape index (κ1) is 21.7. The monoisotopic (exact) mass is 467 g/mol. The third kappa shape index (κ3) is 4.51. The van der Waals surface area contributed by atoms with Gasteiger partial charge >= 0.3 is 0 Å². The smallest absolute Gasteiger partial charge is 0.248 e. The number of carbonyl (C=O) groups excluding carboxylic acids is 1. The summed E-state index contributed by atoms with van der Waals surface area (Å²) in [6, 6.07) is 23.2. The van der Waals surface area contributed by atoms with E-state index in [1.54, 1.807) is 6.08 Å². The van der Waals surface area contributed by atoms with E-state index in [0.717, 1.165) is 44.8 Å². The van der Waals surface area contributed by atoms with Crippen LogP contribution in [0.2, 0.25) is 5.02 Å². The molecule has 2 heterocycles. The van der Waals surface area contributed by atoms with Crippen LogP contribution in [0.1, 0.15) is 16.9 Å². The zero-order chi connectivity index (χ0) is 23.7. The molecule has 5 nitrogen and oxygen atoms in total. The average molecular weight is 468 g/mol. The van der Waals surface area contributed by atoms with Gasteiger partial charge in [0.25, 0.3) is 0 Å². The summed E-state index contributed by atoms with van der Waals surface area (Å²) >= 11 is 6.22. The number of nitrogens with zero attached hydrogens (tertiary/aromatic N) is 1. The van der Waals surface area contributed by atoms with E-state index >= 15 is 0 Å². The second-order valence-electron chi connectivity index (χ2n) is 8.12. The van der Waals surface area contributed by atoms with Crippen molar-refractivity contribution >= 4 is 40.3 Å². The van der Waals surface area contributed by atoms with Gasteiger partial charge in [-0.25, -0.2) is 4.98 Å². The number of halogens is 1. The van der Waals surface area contributed by atoms with Crippen molar-refractivity contribution in [2.75, 3.05) is 5.32 Å². The third-order valence-corrected chi connectivity index (χ3v) is 6.05. The predicted molar refractivity (Wildman–Crippen MR) is 138 cm³/mol. The number of carbonyl (C=O) groups is 1. The van der Waals surface area contributed by atoms with Crippen molar-refractivity contribution in [3.8, 4) is 22.7 Å². The Labute approximate surface area is 202 Å². The molecule has 0 spiro atoms. The van der Waals surface area contributed by atoms with Gasteiger partial charge in [0.1, 0.15) is 17.3 Å². The fourth-order valence-electron chi connectivity index (χ4n) is 3.67. The first-order chi connectivity index (χ1) is 16.5. The Bertz CT molecular complexity index is 1510. The lowest BCUT2D eigenvalue weighted by Gasteiger charge is -2.08. The summed E-state index contributed by atoms with van der Waals surface area (Å²) in [7, 11) is 0. The first-order valence-corrected chi connectivity index (χ1v) is 11.3. The van der Waals surface area contributed by atoms with Crippen LogP contribution in [0.4, 0.5) is 5.69 Å². The number of anilines is 1. The molecule has 0 saturated heterocycles. The van der Waals surface area contributed by atoms with Gasteiger partial charge in [-0.1, -0.05) is 48.0 Å². The minimum atomic E-state index is -0.249. The lowest BCUT2D eigenvalue weighted by Crippen LogP contribution is -2.09. The molecular formula is C28H22ClN3O2. The number of benzene rings is 3. The minimum Gasteiger partial charge on any atom is -0.457 e. The molecule has 2 N–H and O–H groups in total. The SMILES string of the molecule is Cc1ccc(-c2ccc(/C=C/C(=O)Nc3cc(-c4nc5ccccc5[nH]4)ccc3C)o2)cc1Cl. The molecule has 0 unspecified atom stereocenters. The van der Waals surface area contributed by atoms with Gasteiger partial charge < -0.3 is 14.7 Å². The minimum absolute atomic E-state index is 0.249. The highest BCUT2D eigenvalue weighted by Crippen LogP contribution is 2.28. The Morgan fingerprint density at radius 1 is 0.971 bits per heavy atom. The number of hydrogen-bond acceptors (Lipinski definition) is 3. The summed E-state index contributed by atoms with van der Waals surface area (Å²) in [4.78, 5) is 20.6. The Kier molecular flexibility index (Phi) is 5.78. The van der Waals surface area contributed by atoms with Crippen LogP contribution in [-0.4, -0.2) is 15.9 Å². The number of aromatic nitrogens is 2. The van der Waals surface area contributed by atoms with Crippen molar-refractivity contribution in [3.05, 3.63) is 101 Å². The van der Waals surface area contributed by atoms with Crippen LogP contribution in [0.3, 0.4) is 0 Å². The number of aryl methyl sites for hydroxylation is 2. The van der Waals surface area contributed by atoms with Crippen molar-refractivity contribution in [1.29, 1.82) is 0 Å². The van der Waals surface area contributed by atoms with Crippen molar-refractivity contribution in [3.63, 3.8) is 0 Å². The third-order valence-electron chi connectivity index (χ3n) is 5.64. The summed E-state index contributed by atoms with van der Waals surface area (Å²) in [5.74, 6) is 1.78. The number of aromatic amines is 1. The Morgan fingerprint density at radius 3 is 2.59 bits per heavy atom. The molecule has 168 valence electrons. The van der Waals surface area contributed by atoms with Crippen LogP contribution < -0.4 is 5.32 Å². The number of furan rings is 1. The summed E-state index contributed by atoms with van der Waals surface area (Å²) in [6.45, 7) is 3.91. The van der Waals surface area contributed by atoms with E-state index in [9.17, 15) is 4.79 Å². The zero-order valence-electron chi connectivity index (χ0n) is 18.7. The molecule has 0 fully saturated rings. The lowest BCUT2D eigenvalue weighted by molar-refractivity contribution is -0.111. The van der Waals surface area contributed by atoms with Crippen LogP contribution in [0.25, 0.3) is 39.8 Å². The van der Waals surface area contributed by atoms with E-state index in [-0.39, 0.29) is 5.91 Å². The molecule has 2 aromatic heterocycles. The van der Waals surface area contributed by atoms with E-state index in [4.69, 9.17) is 16.0 Å². The molecule has 0 aliphatic heterocycles. The zero-order valence-corrected chi connectivity index (χ0v) is 19.5. The second kappa shape index (κ2) is 9.04. The lowest BCUT2D eigenvalue weighted by atomic mass is 10.1. The van der Waals surface area contributed by atoms with Gasteiger partial charge in [0, 0.05) is 27.9 Å². The van der Waals surface area contributed by atoms with E-state index in [1.807, 2.05) is 86.6 Å².